The van der Waals surface area contributed by atoms with Gasteiger partial charge in [0, 0.05) is 12.6 Å². The molecule has 9 heteroatoms. The lowest BCUT2D eigenvalue weighted by Gasteiger charge is -2.24. The van der Waals surface area contributed by atoms with Crippen molar-refractivity contribution in [2.24, 2.45) is 5.10 Å². The Labute approximate surface area is 177 Å². The van der Waals surface area contributed by atoms with Crippen LogP contribution in [0.2, 0.25) is 0 Å². The lowest BCUT2D eigenvalue weighted by atomic mass is 10.1. The van der Waals surface area contributed by atoms with E-state index in [9.17, 15) is 18.0 Å². The van der Waals surface area contributed by atoms with Crippen LogP contribution in [0.4, 0.5) is 11.4 Å². The van der Waals surface area contributed by atoms with Gasteiger partial charge in [-0.3, -0.25) is 13.9 Å². The summed E-state index contributed by atoms with van der Waals surface area (Å²) in [5.74, 6) is -0.727. The van der Waals surface area contributed by atoms with Crippen LogP contribution in [0.3, 0.4) is 0 Å². The molecule has 0 bridgehead atoms. The van der Waals surface area contributed by atoms with Gasteiger partial charge in [-0.25, -0.2) is 13.8 Å². The summed E-state index contributed by atoms with van der Waals surface area (Å²) in [7, 11) is -3.67. The van der Waals surface area contributed by atoms with Gasteiger partial charge in [-0.2, -0.15) is 5.10 Å². The SMILES string of the molecule is CC(=O)Nc1ccc(/C(C)=N\NC(=O)CN(c2cccc(C)c2C)S(C)(=O)=O)cc1. The lowest BCUT2D eigenvalue weighted by Crippen LogP contribution is -2.39. The summed E-state index contributed by atoms with van der Waals surface area (Å²) in [5, 5.41) is 6.73. The number of sulfonamides is 1. The standard InChI is InChI=1S/C21H26N4O4S/c1-14-7-6-8-20(15(14)2)25(30(5,28)29)13-21(27)24-23-16(3)18-9-11-19(12-10-18)22-17(4)26/h6-12H,13H2,1-5H3,(H,22,26)(H,24,27)/b23-16-. The second-order valence-corrected chi connectivity index (χ2v) is 8.89. The van der Waals surface area contributed by atoms with E-state index in [0.717, 1.165) is 27.3 Å². The van der Waals surface area contributed by atoms with Crippen LogP contribution in [0.15, 0.2) is 47.6 Å². The Bertz CT molecular complexity index is 1080. The second-order valence-electron chi connectivity index (χ2n) is 6.98. The number of rotatable bonds is 7. The molecule has 0 aliphatic rings. The molecule has 0 aromatic heterocycles. The van der Waals surface area contributed by atoms with Crippen molar-refractivity contribution >= 4 is 38.9 Å². The third-order valence-corrected chi connectivity index (χ3v) is 5.63. The zero-order valence-corrected chi connectivity index (χ0v) is 18.5. The Morgan fingerprint density at radius 1 is 1.03 bits per heavy atom. The Kier molecular flexibility index (Phi) is 7.33. The third kappa shape index (κ3) is 6.15. The number of nitrogens with one attached hydrogen (secondary N) is 2. The fraction of sp³-hybridized carbons (Fsp3) is 0.286. The van der Waals surface area contributed by atoms with Gasteiger partial charge in [-0.05, 0) is 55.7 Å². The van der Waals surface area contributed by atoms with E-state index in [0.29, 0.717) is 17.1 Å². The summed E-state index contributed by atoms with van der Waals surface area (Å²) in [6.07, 6.45) is 1.06. The molecule has 160 valence electrons. The average Bonchev–Trinajstić information content (AvgIpc) is 2.66. The highest BCUT2D eigenvalue weighted by molar-refractivity contribution is 7.92. The quantitative estimate of drug-likeness (QED) is 0.520. The van der Waals surface area contributed by atoms with Crippen LogP contribution in [0, 0.1) is 13.8 Å². The minimum atomic E-state index is -3.67. The Morgan fingerprint density at radius 3 is 2.23 bits per heavy atom. The largest absolute Gasteiger partial charge is 0.326 e. The fourth-order valence-corrected chi connectivity index (χ4v) is 3.67. The van der Waals surface area contributed by atoms with Gasteiger partial charge in [-0.15, -0.1) is 0 Å². The Hall–Kier alpha value is -3.20. The van der Waals surface area contributed by atoms with Crippen molar-refractivity contribution in [1.82, 2.24) is 5.43 Å². The van der Waals surface area contributed by atoms with Crippen LogP contribution < -0.4 is 15.0 Å². The summed E-state index contributed by atoms with van der Waals surface area (Å²) in [5.41, 5.74) is 6.52. The number of anilines is 2. The first-order valence-corrected chi connectivity index (χ1v) is 11.1. The average molecular weight is 431 g/mol. The fourth-order valence-electron chi connectivity index (χ4n) is 2.76. The molecule has 0 aliphatic heterocycles. The van der Waals surface area contributed by atoms with E-state index in [1.165, 1.54) is 6.92 Å². The molecule has 8 nitrogen and oxygen atoms in total. The van der Waals surface area contributed by atoms with Crippen LogP contribution in [-0.2, 0) is 19.6 Å². The van der Waals surface area contributed by atoms with Crippen LogP contribution >= 0.6 is 0 Å². The van der Waals surface area contributed by atoms with E-state index in [1.54, 1.807) is 43.3 Å². The number of carbonyl (C=O) groups is 2. The van der Waals surface area contributed by atoms with Crippen LogP contribution in [-0.4, -0.2) is 38.7 Å². The molecule has 0 heterocycles. The summed E-state index contributed by atoms with van der Waals surface area (Å²) < 4.78 is 25.6. The van der Waals surface area contributed by atoms with Gasteiger partial charge < -0.3 is 5.32 Å². The van der Waals surface area contributed by atoms with E-state index < -0.39 is 15.9 Å². The first-order chi connectivity index (χ1) is 14.0. The minimum Gasteiger partial charge on any atom is -0.326 e. The van der Waals surface area contributed by atoms with Gasteiger partial charge in [0.2, 0.25) is 15.9 Å². The van der Waals surface area contributed by atoms with Crippen molar-refractivity contribution in [1.29, 1.82) is 0 Å². The normalized spacial score (nSPS) is 11.7. The molecule has 0 unspecified atom stereocenters. The topological polar surface area (TPSA) is 108 Å². The first kappa shape index (κ1) is 23.1. The van der Waals surface area contributed by atoms with Gasteiger partial charge in [0.25, 0.3) is 5.91 Å². The molecule has 0 saturated carbocycles. The van der Waals surface area contributed by atoms with Crippen LogP contribution in [0.1, 0.15) is 30.5 Å². The van der Waals surface area contributed by atoms with Gasteiger partial charge in [0.1, 0.15) is 6.54 Å². The van der Waals surface area contributed by atoms with Crippen LogP contribution in [0.25, 0.3) is 0 Å². The number of benzene rings is 2. The highest BCUT2D eigenvalue weighted by atomic mass is 32.2. The van der Waals surface area contributed by atoms with Gasteiger partial charge in [0.15, 0.2) is 0 Å². The first-order valence-electron chi connectivity index (χ1n) is 9.24. The summed E-state index contributed by atoms with van der Waals surface area (Å²) in [6.45, 7) is 6.44. The number of hydrazone groups is 1. The van der Waals surface area contributed by atoms with Gasteiger partial charge in [-0.1, -0.05) is 24.3 Å². The van der Waals surface area contributed by atoms with Crippen molar-refractivity contribution in [3.05, 3.63) is 59.2 Å². The molecule has 2 aromatic rings. The smallest absolute Gasteiger partial charge is 0.260 e. The Morgan fingerprint density at radius 2 is 1.67 bits per heavy atom. The zero-order valence-electron chi connectivity index (χ0n) is 17.7. The maximum Gasteiger partial charge on any atom is 0.260 e. The number of aryl methyl sites for hydroxylation is 1. The summed E-state index contributed by atoms with van der Waals surface area (Å²) in [6, 6.07) is 12.3. The lowest BCUT2D eigenvalue weighted by molar-refractivity contribution is -0.119. The van der Waals surface area contributed by atoms with Crippen molar-refractivity contribution in [2.45, 2.75) is 27.7 Å². The van der Waals surface area contributed by atoms with E-state index in [1.807, 2.05) is 19.9 Å². The highest BCUT2D eigenvalue weighted by Crippen LogP contribution is 2.24. The third-order valence-electron chi connectivity index (χ3n) is 4.50. The molecule has 0 fully saturated rings. The summed E-state index contributed by atoms with van der Waals surface area (Å²) in [4.78, 5) is 23.5. The van der Waals surface area contributed by atoms with Crippen LogP contribution in [0.5, 0.6) is 0 Å². The van der Waals surface area contributed by atoms with E-state index in [4.69, 9.17) is 0 Å². The molecule has 0 spiro atoms. The van der Waals surface area contributed by atoms with Crippen molar-refractivity contribution in [3.8, 4) is 0 Å². The molecule has 2 rings (SSSR count). The number of hydrogen-bond donors (Lipinski definition) is 2. The predicted octanol–water partition coefficient (Wildman–Crippen LogP) is 2.57. The maximum atomic E-state index is 12.4. The summed E-state index contributed by atoms with van der Waals surface area (Å²) >= 11 is 0. The minimum absolute atomic E-state index is 0.167. The van der Waals surface area contributed by atoms with E-state index in [-0.39, 0.29) is 12.5 Å². The highest BCUT2D eigenvalue weighted by Gasteiger charge is 2.22. The predicted molar refractivity (Wildman–Crippen MR) is 119 cm³/mol. The molecule has 2 aromatic carbocycles. The van der Waals surface area contributed by atoms with Gasteiger partial charge >= 0.3 is 0 Å². The van der Waals surface area contributed by atoms with Crippen molar-refractivity contribution < 1.29 is 18.0 Å². The Balaban J connectivity index is 2.13. The molecule has 2 N–H and O–H groups in total. The molecular formula is C21H26N4O4S. The number of hydrogen-bond acceptors (Lipinski definition) is 5. The second kappa shape index (κ2) is 9.53. The number of carbonyl (C=O) groups excluding carboxylic acids is 2. The molecule has 0 radical (unpaired) electrons. The maximum absolute atomic E-state index is 12.4. The zero-order chi connectivity index (χ0) is 22.5. The number of nitrogens with zero attached hydrogens (tertiary/aromatic N) is 2. The molecule has 0 atom stereocenters. The molecule has 0 aliphatic carbocycles. The molecule has 0 saturated heterocycles. The van der Waals surface area contributed by atoms with E-state index >= 15 is 0 Å². The van der Waals surface area contributed by atoms with Gasteiger partial charge in [0.05, 0.1) is 17.7 Å². The molecule has 2 amide bonds. The molecule has 30 heavy (non-hydrogen) atoms. The number of amides is 2. The monoisotopic (exact) mass is 430 g/mol. The molecular weight excluding hydrogens is 404 g/mol. The van der Waals surface area contributed by atoms with Crippen molar-refractivity contribution in [3.63, 3.8) is 0 Å². The van der Waals surface area contributed by atoms with E-state index in [2.05, 4.69) is 15.8 Å². The van der Waals surface area contributed by atoms with Crippen molar-refractivity contribution in [2.75, 3.05) is 22.4 Å².